The first-order valence-corrected chi connectivity index (χ1v) is 9.89. The van der Waals surface area contributed by atoms with E-state index >= 15 is 0 Å². The Balaban J connectivity index is 1.70. The third-order valence-electron chi connectivity index (χ3n) is 5.42. The van der Waals surface area contributed by atoms with Crippen LogP contribution in [-0.2, 0) is 6.54 Å². The fourth-order valence-corrected chi connectivity index (χ4v) is 3.99. The number of amidine groups is 1. The fourth-order valence-electron chi connectivity index (χ4n) is 3.76. The summed E-state index contributed by atoms with van der Waals surface area (Å²) in [5, 5.41) is 0.293. The smallest absolute Gasteiger partial charge is 0.261 e. The van der Waals surface area contributed by atoms with Gasteiger partial charge in [-0.25, -0.2) is 23.2 Å². The topological polar surface area (TPSA) is 43.6 Å². The van der Waals surface area contributed by atoms with Crippen molar-refractivity contribution in [2.75, 3.05) is 13.1 Å². The van der Waals surface area contributed by atoms with Crippen LogP contribution < -0.4 is 0 Å². The van der Waals surface area contributed by atoms with E-state index in [1.807, 2.05) is 20.8 Å². The number of alkyl halides is 2. The second kappa shape index (κ2) is 6.80. The highest BCUT2D eigenvalue weighted by Crippen LogP contribution is 2.39. The van der Waals surface area contributed by atoms with Gasteiger partial charge < -0.3 is 4.90 Å². The van der Waals surface area contributed by atoms with Gasteiger partial charge in [0.2, 0.25) is 5.66 Å². The van der Waals surface area contributed by atoms with Crippen LogP contribution >= 0.6 is 11.6 Å². The summed E-state index contributed by atoms with van der Waals surface area (Å²) < 4.78 is 41.3. The van der Waals surface area contributed by atoms with E-state index in [0.717, 1.165) is 0 Å². The molecule has 156 valence electrons. The van der Waals surface area contributed by atoms with E-state index in [2.05, 4.69) is 9.98 Å². The summed E-state index contributed by atoms with van der Waals surface area (Å²) >= 11 is 6.20. The van der Waals surface area contributed by atoms with Gasteiger partial charge in [0.1, 0.15) is 12.0 Å². The SMILES string of the molecule is CC(C)(C)C1N=CC2(N3CCC(F)(F)C3)N=CN(Cc3ccc(F)cc3Cl)C2=N1. The summed E-state index contributed by atoms with van der Waals surface area (Å²) in [6, 6.07) is 4.19. The summed E-state index contributed by atoms with van der Waals surface area (Å²) in [7, 11) is 0. The molecule has 1 fully saturated rings. The van der Waals surface area contributed by atoms with Gasteiger partial charge in [-0.3, -0.25) is 9.89 Å². The second-order valence-corrected chi connectivity index (χ2v) is 9.24. The first-order valence-electron chi connectivity index (χ1n) is 9.52. The second-order valence-electron chi connectivity index (χ2n) is 8.83. The lowest BCUT2D eigenvalue weighted by Gasteiger charge is -2.39. The highest BCUT2D eigenvalue weighted by molar-refractivity contribution is 6.31. The van der Waals surface area contributed by atoms with Gasteiger partial charge in [-0.1, -0.05) is 38.4 Å². The zero-order chi connectivity index (χ0) is 21.0. The molecule has 3 aliphatic rings. The number of hydrogen-bond acceptors (Lipinski definition) is 5. The van der Waals surface area contributed by atoms with Crippen LogP contribution in [0, 0.1) is 11.2 Å². The molecule has 0 aromatic heterocycles. The first kappa shape index (κ1) is 20.3. The van der Waals surface area contributed by atoms with E-state index in [-0.39, 0.29) is 24.5 Å². The zero-order valence-corrected chi connectivity index (χ0v) is 17.3. The largest absolute Gasteiger partial charge is 0.313 e. The lowest BCUT2D eigenvalue weighted by molar-refractivity contribution is 0.00815. The molecule has 0 N–H and O–H groups in total. The average molecular weight is 426 g/mol. The Morgan fingerprint density at radius 2 is 2.03 bits per heavy atom. The van der Waals surface area contributed by atoms with Crippen molar-refractivity contribution in [3.05, 3.63) is 34.6 Å². The predicted octanol–water partition coefficient (Wildman–Crippen LogP) is 4.22. The Labute approximate surface area is 173 Å². The van der Waals surface area contributed by atoms with E-state index in [1.165, 1.54) is 12.1 Å². The Bertz CT molecular complexity index is 908. The number of aliphatic imine (C=N–C) groups is 3. The molecule has 0 radical (unpaired) electrons. The maximum Gasteiger partial charge on any atom is 0.261 e. The molecule has 1 saturated heterocycles. The van der Waals surface area contributed by atoms with Crippen molar-refractivity contribution in [2.45, 2.75) is 51.5 Å². The minimum Gasteiger partial charge on any atom is -0.313 e. The van der Waals surface area contributed by atoms with Crippen LogP contribution in [0.2, 0.25) is 5.02 Å². The first-order chi connectivity index (χ1) is 13.5. The molecule has 1 aromatic carbocycles. The van der Waals surface area contributed by atoms with E-state index in [9.17, 15) is 13.2 Å². The summed E-state index contributed by atoms with van der Waals surface area (Å²) in [6.45, 7) is 6.16. The van der Waals surface area contributed by atoms with Crippen molar-refractivity contribution < 1.29 is 13.2 Å². The monoisotopic (exact) mass is 425 g/mol. The molecule has 0 aliphatic carbocycles. The van der Waals surface area contributed by atoms with Gasteiger partial charge in [0.15, 0.2) is 5.84 Å². The number of likely N-dealkylation sites (tertiary alicyclic amines) is 1. The fraction of sp³-hybridized carbons (Fsp3) is 0.550. The van der Waals surface area contributed by atoms with E-state index in [1.54, 1.807) is 28.4 Å². The normalized spacial score (nSPS) is 28.7. The molecule has 2 atom stereocenters. The number of nitrogens with zero attached hydrogens (tertiary/aromatic N) is 5. The van der Waals surface area contributed by atoms with Gasteiger partial charge in [0, 0.05) is 23.4 Å². The van der Waals surface area contributed by atoms with Crippen LogP contribution in [0.15, 0.2) is 33.2 Å². The van der Waals surface area contributed by atoms with Crippen LogP contribution in [0.25, 0.3) is 0 Å². The van der Waals surface area contributed by atoms with Gasteiger partial charge in [0.05, 0.1) is 25.6 Å². The minimum atomic E-state index is -2.77. The quantitative estimate of drug-likeness (QED) is 0.728. The maximum atomic E-state index is 14.0. The van der Waals surface area contributed by atoms with Crippen LogP contribution in [-0.4, -0.2) is 59.0 Å². The van der Waals surface area contributed by atoms with Crippen molar-refractivity contribution in [1.29, 1.82) is 0 Å². The minimum absolute atomic E-state index is 0.195. The van der Waals surface area contributed by atoms with Crippen LogP contribution in [0.5, 0.6) is 0 Å². The van der Waals surface area contributed by atoms with Gasteiger partial charge in [0.25, 0.3) is 5.92 Å². The van der Waals surface area contributed by atoms with Crippen molar-refractivity contribution in [3.63, 3.8) is 0 Å². The Hall–Kier alpha value is -1.93. The van der Waals surface area contributed by atoms with E-state index in [4.69, 9.17) is 16.6 Å². The van der Waals surface area contributed by atoms with Crippen molar-refractivity contribution >= 4 is 30.0 Å². The molecule has 3 heterocycles. The molecule has 0 bridgehead atoms. The molecule has 1 aromatic rings. The Morgan fingerprint density at radius 3 is 2.66 bits per heavy atom. The molecule has 29 heavy (non-hydrogen) atoms. The Morgan fingerprint density at radius 1 is 1.28 bits per heavy atom. The summed E-state index contributed by atoms with van der Waals surface area (Å²) in [5.74, 6) is -2.64. The molecule has 4 rings (SSSR count). The molecule has 5 nitrogen and oxygen atoms in total. The van der Waals surface area contributed by atoms with E-state index < -0.39 is 23.9 Å². The van der Waals surface area contributed by atoms with Crippen LogP contribution in [0.4, 0.5) is 13.2 Å². The van der Waals surface area contributed by atoms with Crippen LogP contribution in [0.1, 0.15) is 32.8 Å². The van der Waals surface area contributed by atoms with Gasteiger partial charge >= 0.3 is 0 Å². The highest BCUT2D eigenvalue weighted by Gasteiger charge is 2.54. The highest BCUT2D eigenvalue weighted by atomic mass is 35.5. The lowest BCUT2D eigenvalue weighted by atomic mass is 9.91. The molecule has 0 spiro atoms. The average Bonchev–Trinajstić information content (AvgIpc) is 3.17. The summed E-state index contributed by atoms with van der Waals surface area (Å²) in [6.07, 6.45) is 2.65. The lowest BCUT2D eigenvalue weighted by Crippen LogP contribution is -2.57. The zero-order valence-electron chi connectivity index (χ0n) is 16.5. The summed E-state index contributed by atoms with van der Waals surface area (Å²) in [5.41, 5.74) is -0.694. The molecule has 3 aliphatic heterocycles. The predicted molar refractivity (Wildman–Crippen MR) is 108 cm³/mol. The number of rotatable bonds is 3. The maximum absolute atomic E-state index is 14.0. The molecular formula is C20H23ClF3N5. The number of fused-ring (bicyclic) bond motifs is 1. The van der Waals surface area contributed by atoms with Gasteiger partial charge in [-0.05, 0) is 17.7 Å². The summed E-state index contributed by atoms with van der Waals surface area (Å²) in [4.78, 5) is 17.4. The number of halogens is 4. The molecule has 9 heteroatoms. The third kappa shape index (κ3) is 3.68. The van der Waals surface area contributed by atoms with Crippen LogP contribution in [0.3, 0.4) is 0 Å². The van der Waals surface area contributed by atoms with Crippen molar-refractivity contribution in [1.82, 2.24) is 9.80 Å². The van der Waals surface area contributed by atoms with Gasteiger partial charge in [-0.2, -0.15) is 0 Å². The molecule has 0 amide bonds. The van der Waals surface area contributed by atoms with E-state index in [0.29, 0.717) is 23.0 Å². The molecule has 2 unspecified atom stereocenters. The Kier molecular flexibility index (Phi) is 4.77. The third-order valence-corrected chi connectivity index (χ3v) is 5.77. The standard InChI is InChI=1S/C20H23ClF3N5/c1-18(2,3)16-25-10-20(29-7-6-19(23,24)11-29)17(27-16)28(12-26-20)9-13-4-5-14(22)8-15(13)21/h4-5,8,10,12,16H,6-7,9,11H2,1-3H3. The van der Waals surface area contributed by atoms with Crippen molar-refractivity contribution in [2.24, 2.45) is 20.4 Å². The number of benzene rings is 1. The molecular weight excluding hydrogens is 403 g/mol. The number of hydrogen-bond donors (Lipinski definition) is 0. The van der Waals surface area contributed by atoms with Gasteiger partial charge in [-0.15, -0.1) is 0 Å². The van der Waals surface area contributed by atoms with Crippen molar-refractivity contribution in [3.8, 4) is 0 Å². The molecule has 0 saturated carbocycles.